The number of rotatable bonds is 20. The summed E-state index contributed by atoms with van der Waals surface area (Å²) in [6.45, 7) is 36.0. The number of hydrogen-bond donors (Lipinski definition) is 17. The summed E-state index contributed by atoms with van der Waals surface area (Å²) in [5.41, 5.74) is 102. The maximum atomic E-state index is 11.5. The molecule has 0 unspecified atom stereocenters. The normalized spacial score (nSPS) is 14.7. The molecule has 0 bridgehead atoms. The largest absolute Gasteiger partial charge is 0.495 e. The number of aliphatic hydroxyl groups excluding tert-OH is 3. The fourth-order valence-electron chi connectivity index (χ4n) is 19.9. The summed E-state index contributed by atoms with van der Waals surface area (Å²) in [6.07, 6.45) is 0. The van der Waals surface area contributed by atoms with E-state index < -0.39 is 0 Å². The fourth-order valence-corrected chi connectivity index (χ4v) is 20.9. The van der Waals surface area contributed by atoms with E-state index in [-0.39, 0.29) is 31.6 Å². The Balaban J connectivity index is 0.000000150. The molecule has 12 aromatic rings. The lowest BCUT2D eigenvalue weighted by molar-refractivity contribution is -0.115. The van der Waals surface area contributed by atoms with E-state index in [9.17, 15) is 24.9 Å². The first-order valence-electron chi connectivity index (χ1n) is 50.1. The zero-order valence-corrected chi connectivity index (χ0v) is 90.6. The number of halogens is 4. The van der Waals surface area contributed by atoms with Crippen LogP contribution in [-0.4, -0.2) is 206 Å². The van der Waals surface area contributed by atoms with Gasteiger partial charge in [0, 0.05) is 279 Å². The quantitative estimate of drug-likeness (QED) is 0.0315. The summed E-state index contributed by atoms with van der Waals surface area (Å²) < 4.78 is 16.4. The summed E-state index contributed by atoms with van der Waals surface area (Å²) >= 11 is 25.2. The average molecular weight is 2130 g/mol. The minimum Gasteiger partial charge on any atom is -0.495 e. The van der Waals surface area contributed by atoms with Crippen LogP contribution in [0.4, 0.5) is 148 Å². The van der Waals surface area contributed by atoms with Crippen LogP contribution >= 0.6 is 46.4 Å². The van der Waals surface area contributed by atoms with Gasteiger partial charge in [-0.25, -0.2) is 0 Å². The number of nitrogens with zero attached hydrogens (tertiary/aromatic N) is 12. The van der Waals surface area contributed by atoms with E-state index in [1.165, 1.54) is 47.5 Å². The number of carbonyl (C=O) groups is 2. The zero-order valence-electron chi connectivity index (χ0n) is 87.6. The van der Waals surface area contributed by atoms with Gasteiger partial charge in [0.15, 0.2) is 0 Å². The molecule has 0 saturated carbocycles. The standard InChI is InChI=1S/C20H26N6O2.C20H28N4O4.C20H28N4.C18H22Cl2N4.C18H24N4O2.C16H18Cl2N4/c1-13(27)23-17-11-15(21)3-5-19(17)25-7-9-26(10-8-25)20-6-4-16(22)12-18(20)24-14(2)28;1-27-19-14(12-26)17(5-4-16(19)22)23-7-9-24(10-8-23)18-6-3-15(21)13(11-25)20(18)28-2;1-13-15(3)19(7-5-17(13)21)23-9-11-24(12-10-23)20-8-6-18(22)14(2)16(20)4;1-11-15(5-3-13(21)17(11)19)23-7-9-24(10-8-23)16-6-4-14(22)18(20)12(16)2;1-24-18-11-15(20)3-5-17(18)22-8-6-21(7-9-22)16-4-2-14(19)10-13(16)12-23;17-13-9-11(19)1-3-15(13)21-5-7-22(8-6-21)16-4-2-12(20)10-14(16)18/h3-6,11-12H,7-10,21-22H2,1-2H3,(H,23,27)(H,24,28);3-6,25-26H,7-12,21-22H2,1-2H3;5-8H,9-12,21-22H2,1-4H3;3-6H,7-10,21-22H2,1-2H3;2-5,10-11,23H,6-9,12,19-20H2,1H3;1-4,9-10H,5-8,19-20H2. The Labute approximate surface area is 900 Å². The molecule has 150 heavy (non-hydrogen) atoms. The van der Waals surface area contributed by atoms with Crippen LogP contribution in [0, 0.1) is 41.5 Å². The number of anilines is 26. The van der Waals surface area contributed by atoms with Gasteiger partial charge < -0.3 is 168 Å². The smallest absolute Gasteiger partial charge is 0.221 e. The van der Waals surface area contributed by atoms with E-state index in [0.29, 0.717) is 111 Å². The monoisotopic (exact) mass is 2120 g/mol. The molecule has 800 valence electrons. The molecule has 6 fully saturated rings. The van der Waals surface area contributed by atoms with Gasteiger partial charge in [0.2, 0.25) is 11.8 Å². The second kappa shape index (κ2) is 51.4. The predicted octanol–water partition coefficient (Wildman–Crippen LogP) is 15.9. The number of nitrogens with two attached hydrogens (primary N) is 12. The van der Waals surface area contributed by atoms with E-state index in [1.807, 2.05) is 135 Å². The van der Waals surface area contributed by atoms with Gasteiger partial charge in [-0.2, -0.15) is 0 Å². The minimum atomic E-state index is -0.173. The van der Waals surface area contributed by atoms with E-state index in [2.05, 4.69) is 121 Å². The lowest BCUT2D eigenvalue weighted by Crippen LogP contribution is -2.47. The Morgan fingerprint density at radius 1 is 0.260 bits per heavy atom. The van der Waals surface area contributed by atoms with Gasteiger partial charge in [0.05, 0.1) is 124 Å². The number of aliphatic hydroxyl groups is 3. The maximum absolute atomic E-state index is 11.5. The number of benzene rings is 12. The average Bonchev–Trinajstić information content (AvgIpc) is 0.757. The van der Waals surface area contributed by atoms with Gasteiger partial charge in [-0.15, -0.1) is 0 Å². The van der Waals surface area contributed by atoms with Crippen molar-refractivity contribution in [2.45, 2.75) is 75.2 Å². The summed E-state index contributed by atoms with van der Waals surface area (Å²) in [4.78, 5) is 50.7. The molecule has 38 heteroatoms. The first-order valence-corrected chi connectivity index (χ1v) is 51.7. The van der Waals surface area contributed by atoms with E-state index in [4.69, 9.17) is 129 Å². The Hall–Kier alpha value is -14.8. The number of piperazine rings is 6. The van der Waals surface area contributed by atoms with Crippen molar-refractivity contribution in [1.29, 1.82) is 0 Å². The van der Waals surface area contributed by atoms with Crippen molar-refractivity contribution in [2.75, 3.05) is 317 Å². The molecule has 6 saturated heterocycles. The molecule has 12 aromatic carbocycles. The van der Waals surface area contributed by atoms with Crippen molar-refractivity contribution in [3.8, 4) is 17.2 Å². The first kappa shape index (κ1) is 112. The molecule has 6 aliphatic rings. The summed E-state index contributed by atoms with van der Waals surface area (Å²) in [7, 11) is 4.80. The molecule has 34 nitrogen and oxygen atoms in total. The number of hydrogen-bond acceptors (Lipinski definition) is 32. The highest BCUT2D eigenvalue weighted by molar-refractivity contribution is 6.35. The Bertz CT molecular complexity index is 6170. The van der Waals surface area contributed by atoms with Gasteiger partial charge in [-0.1, -0.05) is 46.4 Å². The molecule has 0 spiro atoms. The third kappa shape index (κ3) is 27.1. The molecule has 2 amide bonds. The van der Waals surface area contributed by atoms with Crippen LogP contribution in [0.1, 0.15) is 63.9 Å². The molecule has 0 aliphatic carbocycles. The summed E-state index contributed by atoms with van der Waals surface area (Å²) in [5.74, 6) is 1.67. The number of nitrogens with one attached hydrogen (secondary N) is 2. The Morgan fingerprint density at radius 2 is 0.520 bits per heavy atom. The van der Waals surface area contributed by atoms with Crippen LogP contribution in [0.3, 0.4) is 0 Å². The van der Waals surface area contributed by atoms with Crippen molar-refractivity contribution in [2.24, 2.45) is 0 Å². The van der Waals surface area contributed by atoms with Crippen LogP contribution in [0.15, 0.2) is 182 Å². The van der Waals surface area contributed by atoms with E-state index in [0.717, 1.165) is 248 Å². The molecule has 0 radical (unpaired) electrons. The summed E-state index contributed by atoms with van der Waals surface area (Å²) in [6, 6.07) is 57.5. The van der Waals surface area contributed by atoms with Crippen LogP contribution in [0.5, 0.6) is 17.2 Å². The zero-order chi connectivity index (χ0) is 108. The fraction of sp³-hybridized carbons (Fsp3) is 0.339. The lowest BCUT2D eigenvalue weighted by atomic mass is 10.0. The minimum absolute atomic E-state index is 0.00757. The number of methoxy groups -OCH3 is 3. The van der Waals surface area contributed by atoms with Crippen molar-refractivity contribution in [3.05, 3.63) is 252 Å². The highest BCUT2D eigenvalue weighted by Crippen LogP contribution is 2.44. The topological polar surface area (TPSA) is 498 Å². The molecule has 6 aliphatic heterocycles. The molecule has 6 heterocycles. The second-order valence-corrected chi connectivity index (χ2v) is 39.5. The molecule has 29 N–H and O–H groups in total. The van der Waals surface area contributed by atoms with Crippen molar-refractivity contribution in [1.82, 2.24) is 0 Å². The summed E-state index contributed by atoms with van der Waals surface area (Å²) in [5, 5.41) is 37.5. The molecule has 0 atom stereocenters. The van der Waals surface area contributed by atoms with Crippen molar-refractivity contribution in [3.63, 3.8) is 0 Å². The van der Waals surface area contributed by atoms with E-state index >= 15 is 0 Å². The SMILES string of the molecule is CC(=O)Nc1cc(N)ccc1N1CCN(c2ccc(N)cc2NC(C)=O)CC1.COc1c(N)ccc(N2CCN(c3ccc(N)c(CO)c3OC)CC2)c1CO.COc1cc(N)ccc1N1CCN(c2ccc(N)cc2CO)CC1.Cc1c(N)ccc(N2CCN(c3ccc(N)c(C)c3C)CC2)c1C.Cc1c(N2CCN(c3ccc(N)c(Cl)c3C)CC2)ccc(N)c1Cl.Nc1ccc(N2CCN(c3ccc(N)cc3Cl)CC2)c(Cl)c1. The lowest BCUT2D eigenvalue weighted by Gasteiger charge is -2.39. The first-order chi connectivity index (χ1) is 71.8. The van der Waals surface area contributed by atoms with Crippen LogP contribution in [0.2, 0.25) is 20.1 Å². The maximum Gasteiger partial charge on any atom is 0.221 e. The highest BCUT2D eigenvalue weighted by atomic mass is 35.5. The van der Waals surface area contributed by atoms with Crippen LogP contribution < -0.4 is 152 Å². The van der Waals surface area contributed by atoms with Gasteiger partial charge in [-0.05, 0) is 251 Å². The molecule has 0 aromatic heterocycles. The number of nitrogen functional groups attached to an aromatic ring is 12. The Morgan fingerprint density at radius 3 is 0.867 bits per heavy atom. The van der Waals surface area contributed by atoms with Crippen molar-refractivity contribution >= 4 is 206 Å². The molecular formula is C112H146Cl4N26O8. The van der Waals surface area contributed by atoms with Crippen LogP contribution in [0.25, 0.3) is 0 Å². The third-order valence-corrected chi connectivity index (χ3v) is 30.1. The number of amides is 2. The van der Waals surface area contributed by atoms with Gasteiger partial charge in [-0.3, -0.25) is 9.59 Å². The van der Waals surface area contributed by atoms with Gasteiger partial charge >= 0.3 is 0 Å². The Kier molecular flexibility index (Phi) is 38.5. The number of carbonyl (C=O) groups excluding carboxylic acids is 2. The van der Waals surface area contributed by atoms with Crippen molar-refractivity contribution < 1.29 is 39.1 Å². The van der Waals surface area contributed by atoms with E-state index in [1.54, 1.807) is 57.7 Å². The highest BCUT2D eigenvalue weighted by Gasteiger charge is 2.32. The molecule has 18 rings (SSSR count). The number of ether oxygens (including phenoxy) is 3. The van der Waals surface area contributed by atoms with Gasteiger partial charge in [0.25, 0.3) is 0 Å². The predicted molar refractivity (Wildman–Crippen MR) is 631 cm³/mol. The van der Waals surface area contributed by atoms with Crippen LogP contribution in [-0.2, 0) is 29.4 Å². The molecular weight excluding hydrogens is 1980 g/mol. The second-order valence-electron chi connectivity index (χ2n) is 37.9. The third-order valence-electron chi connectivity index (χ3n) is 28.5. The van der Waals surface area contributed by atoms with Gasteiger partial charge in [0.1, 0.15) is 17.2 Å².